The normalized spacial score (nSPS) is 15.8. The fourth-order valence-corrected chi connectivity index (χ4v) is 3.51. The van der Waals surface area contributed by atoms with E-state index in [1.165, 1.54) is 5.56 Å². The van der Waals surface area contributed by atoms with Crippen molar-refractivity contribution in [1.29, 1.82) is 0 Å². The monoisotopic (exact) mass is 300 g/mol. The van der Waals surface area contributed by atoms with E-state index < -0.39 is 5.06 Å². The highest BCUT2D eigenvalue weighted by Crippen LogP contribution is 2.34. The van der Waals surface area contributed by atoms with E-state index in [0.717, 1.165) is 18.6 Å². The first kappa shape index (κ1) is 16.7. The summed E-state index contributed by atoms with van der Waals surface area (Å²) in [6.45, 7) is 4.20. The minimum atomic E-state index is -0.660. The summed E-state index contributed by atoms with van der Waals surface area (Å²) in [5.74, 6) is 0.840. The Balaban J connectivity index is 2.75. The van der Waals surface area contributed by atoms with Gasteiger partial charge in [0.1, 0.15) is 5.75 Å². The maximum atomic E-state index is 6.22. The number of likely N-dealkylation sites (N-methyl/N-ethyl adjacent to an activating group) is 1. The van der Waals surface area contributed by atoms with Crippen LogP contribution >= 0.6 is 21.6 Å². The quantitative estimate of drug-likeness (QED) is 0.570. The Morgan fingerprint density at radius 1 is 1.47 bits per heavy atom. The summed E-state index contributed by atoms with van der Waals surface area (Å²) in [7, 11) is 5.16. The Morgan fingerprint density at radius 2 is 2.21 bits per heavy atom. The predicted molar refractivity (Wildman–Crippen MR) is 87.6 cm³/mol. The first-order valence-electron chi connectivity index (χ1n) is 6.49. The van der Waals surface area contributed by atoms with Crippen LogP contribution in [0.2, 0.25) is 0 Å². The number of benzene rings is 1. The van der Waals surface area contributed by atoms with Crippen molar-refractivity contribution in [2.75, 3.05) is 13.3 Å². The van der Waals surface area contributed by atoms with Crippen LogP contribution in [0.15, 0.2) is 24.3 Å². The van der Waals surface area contributed by atoms with Crippen molar-refractivity contribution >= 4 is 21.6 Å². The number of hydrogen-bond acceptors (Lipinski definition) is 5. The smallest absolute Gasteiger partial charge is 0.216 e. The zero-order valence-corrected chi connectivity index (χ0v) is 13.7. The van der Waals surface area contributed by atoms with Gasteiger partial charge in [-0.1, -0.05) is 29.9 Å². The second-order valence-electron chi connectivity index (χ2n) is 4.56. The zero-order chi connectivity index (χ0) is 14.3. The van der Waals surface area contributed by atoms with Crippen molar-refractivity contribution < 1.29 is 4.74 Å². The van der Waals surface area contributed by atoms with Gasteiger partial charge in [-0.2, -0.15) is 0 Å². The zero-order valence-electron chi connectivity index (χ0n) is 12.1. The molecule has 0 aromatic heterocycles. The molecule has 0 aliphatic heterocycles. The van der Waals surface area contributed by atoms with Gasteiger partial charge in [0.05, 0.1) is 0 Å². The van der Waals surface area contributed by atoms with Crippen molar-refractivity contribution in [1.82, 2.24) is 5.32 Å². The topological polar surface area (TPSA) is 47.3 Å². The lowest BCUT2D eigenvalue weighted by molar-refractivity contribution is 0.170. The van der Waals surface area contributed by atoms with Crippen LogP contribution in [0.1, 0.15) is 25.8 Å². The second-order valence-corrected chi connectivity index (χ2v) is 7.25. The molecule has 0 heterocycles. The molecule has 0 aliphatic rings. The average molecular weight is 300 g/mol. The summed E-state index contributed by atoms with van der Waals surface area (Å²) in [6, 6.07) is 8.63. The number of nitrogens with two attached hydrogens (primary N) is 1. The lowest BCUT2D eigenvalue weighted by Crippen LogP contribution is -2.40. The number of ether oxygens (including phenoxy) is 1. The molecule has 3 N–H and O–H groups in total. The summed E-state index contributed by atoms with van der Waals surface area (Å²) >= 11 is 0. The molecule has 1 aromatic carbocycles. The van der Waals surface area contributed by atoms with Crippen LogP contribution in [-0.2, 0) is 6.42 Å². The van der Waals surface area contributed by atoms with Gasteiger partial charge >= 0.3 is 0 Å². The maximum absolute atomic E-state index is 6.22. The highest BCUT2D eigenvalue weighted by atomic mass is 33.1. The molecule has 0 amide bonds. The van der Waals surface area contributed by atoms with Gasteiger partial charge in [0.15, 0.2) is 0 Å². The van der Waals surface area contributed by atoms with E-state index in [0.29, 0.717) is 6.04 Å². The van der Waals surface area contributed by atoms with Gasteiger partial charge in [0, 0.05) is 12.5 Å². The third-order valence-corrected chi connectivity index (χ3v) is 5.11. The molecule has 5 heteroatoms. The predicted octanol–water partition coefficient (Wildman–Crippen LogP) is 3.25. The standard InChI is InChI=1S/C14H24N2OS2/c1-5-14(15,19-18-4)17-13-8-6-7-12(10-13)9-11(2)16-3/h6-8,10-11,16H,5,9,15H2,1-4H3. The molecule has 0 saturated carbocycles. The lowest BCUT2D eigenvalue weighted by Gasteiger charge is -2.27. The summed E-state index contributed by atoms with van der Waals surface area (Å²) in [5.41, 5.74) is 7.48. The second kappa shape index (κ2) is 8.04. The summed E-state index contributed by atoms with van der Waals surface area (Å²) in [5, 5.41) is 2.58. The van der Waals surface area contributed by atoms with Crippen molar-refractivity contribution in [2.45, 2.75) is 37.8 Å². The van der Waals surface area contributed by atoms with Crippen LogP contribution in [0, 0.1) is 0 Å². The maximum Gasteiger partial charge on any atom is 0.216 e. The molecule has 0 radical (unpaired) electrons. The van der Waals surface area contributed by atoms with E-state index in [4.69, 9.17) is 10.5 Å². The lowest BCUT2D eigenvalue weighted by atomic mass is 10.1. The number of nitrogens with one attached hydrogen (secondary N) is 1. The van der Waals surface area contributed by atoms with Crippen molar-refractivity contribution in [3.63, 3.8) is 0 Å². The van der Waals surface area contributed by atoms with Crippen molar-refractivity contribution in [3.05, 3.63) is 29.8 Å². The van der Waals surface area contributed by atoms with E-state index in [9.17, 15) is 0 Å². The van der Waals surface area contributed by atoms with Gasteiger partial charge in [-0.15, -0.1) is 0 Å². The molecule has 2 atom stereocenters. The SMILES string of the molecule is CCC(N)(Oc1cccc(CC(C)NC)c1)SSC. The molecule has 1 aromatic rings. The first-order valence-corrected chi connectivity index (χ1v) is 9.04. The van der Waals surface area contributed by atoms with E-state index in [1.54, 1.807) is 21.6 Å². The van der Waals surface area contributed by atoms with E-state index >= 15 is 0 Å². The van der Waals surface area contributed by atoms with Crippen molar-refractivity contribution in [2.24, 2.45) is 5.73 Å². The Kier molecular flexibility index (Phi) is 7.07. The van der Waals surface area contributed by atoms with Crippen LogP contribution < -0.4 is 15.8 Å². The Labute approximate surface area is 124 Å². The Morgan fingerprint density at radius 3 is 2.79 bits per heavy atom. The van der Waals surface area contributed by atoms with Gasteiger partial charge in [-0.25, -0.2) is 0 Å². The fourth-order valence-electron chi connectivity index (χ4n) is 1.68. The molecule has 2 unspecified atom stereocenters. The number of hydrogen-bond donors (Lipinski definition) is 2. The van der Waals surface area contributed by atoms with Crippen LogP contribution in [0.4, 0.5) is 0 Å². The highest BCUT2D eigenvalue weighted by Gasteiger charge is 2.25. The fraction of sp³-hybridized carbons (Fsp3) is 0.571. The molecule has 3 nitrogen and oxygen atoms in total. The van der Waals surface area contributed by atoms with Gasteiger partial charge in [-0.05, 0) is 55.1 Å². The molecule has 0 spiro atoms. The summed E-state index contributed by atoms with van der Waals surface area (Å²) < 4.78 is 5.95. The van der Waals surface area contributed by atoms with Crippen molar-refractivity contribution in [3.8, 4) is 5.75 Å². The molecular formula is C14H24N2OS2. The molecule has 19 heavy (non-hydrogen) atoms. The molecule has 108 valence electrons. The van der Waals surface area contributed by atoms with E-state index in [2.05, 4.69) is 24.4 Å². The van der Waals surface area contributed by atoms with E-state index in [-0.39, 0.29) is 0 Å². The van der Waals surface area contributed by atoms with E-state index in [1.807, 2.05) is 32.4 Å². The Bertz CT molecular complexity index is 389. The van der Waals surface area contributed by atoms with Gasteiger partial charge < -0.3 is 10.1 Å². The van der Waals surface area contributed by atoms with Gasteiger partial charge in [0.25, 0.3) is 0 Å². The molecule has 1 rings (SSSR count). The largest absolute Gasteiger partial charge is 0.463 e. The molecule has 0 aliphatic carbocycles. The Hall–Kier alpha value is -0.360. The molecule has 0 saturated heterocycles. The van der Waals surface area contributed by atoms with Crippen LogP contribution in [-0.4, -0.2) is 24.4 Å². The molecular weight excluding hydrogens is 276 g/mol. The summed E-state index contributed by atoms with van der Waals surface area (Å²) in [6.07, 6.45) is 3.75. The van der Waals surface area contributed by atoms with Crippen LogP contribution in [0.3, 0.4) is 0 Å². The summed E-state index contributed by atoms with van der Waals surface area (Å²) in [4.78, 5) is 0. The van der Waals surface area contributed by atoms with Gasteiger partial charge in [-0.3, -0.25) is 5.73 Å². The first-order chi connectivity index (χ1) is 9.03. The highest BCUT2D eigenvalue weighted by molar-refractivity contribution is 8.76. The molecule has 0 bridgehead atoms. The van der Waals surface area contributed by atoms with Crippen LogP contribution in [0.25, 0.3) is 0 Å². The number of rotatable bonds is 8. The minimum absolute atomic E-state index is 0.449. The molecule has 0 fully saturated rings. The third-order valence-electron chi connectivity index (χ3n) is 2.94. The van der Waals surface area contributed by atoms with Gasteiger partial charge in [0.2, 0.25) is 5.06 Å². The minimum Gasteiger partial charge on any atom is -0.463 e. The van der Waals surface area contributed by atoms with Crippen LogP contribution in [0.5, 0.6) is 5.75 Å². The third kappa shape index (κ3) is 5.65. The average Bonchev–Trinajstić information content (AvgIpc) is 2.39.